The molecule has 2 aromatic carbocycles. The van der Waals surface area contributed by atoms with Gasteiger partial charge >= 0.3 is 0 Å². The van der Waals surface area contributed by atoms with Crippen molar-refractivity contribution in [2.75, 3.05) is 5.32 Å². The molecule has 0 aliphatic heterocycles. The number of aromatic nitrogens is 2. The molecule has 0 spiro atoms. The maximum Gasteiger partial charge on any atom is 0.226 e. The molecule has 8 heteroatoms. The lowest BCUT2D eigenvalue weighted by Gasteiger charge is -2.00. The van der Waals surface area contributed by atoms with Gasteiger partial charge in [-0.2, -0.15) is 0 Å². The van der Waals surface area contributed by atoms with Gasteiger partial charge in [0.15, 0.2) is 28.4 Å². The van der Waals surface area contributed by atoms with E-state index < -0.39 is 11.6 Å². The van der Waals surface area contributed by atoms with Crippen molar-refractivity contribution in [2.45, 2.75) is 19.3 Å². The summed E-state index contributed by atoms with van der Waals surface area (Å²) in [7, 11) is 0. The van der Waals surface area contributed by atoms with Gasteiger partial charge in [-0.25, -0.2) is 18.7 Å². The number of benzene rings is 2. The highest BCUT2D eigenvalue weighted by molar-refractivity contribution is 7.15. The molecule has 4 aromatic rings. The molecule has 2 heterocycles. The van der Waals surface area contributed by atoms with E-state index in [1.54, 1.807) is 12.4 Å². The Morgan fingerprint density at radius 2 is 1.87 bits per heavy atom. The van der Waals surface area contributed by atoms with Crippen LogP contribution < -0.4 is 5.32 Å². The molecule has 0 fully saturated rings. The summed E-state index contributed by atoms with van der Waals surface area (Å²) in [6.07, 6.45) is 4.23. The SMILES string of the molecule is O=C(CCc1ncc(-c2ccccc2)o1)Nc1ncc(Cc2ccc(F)c(F)c2)s1. The minimum absolute atomic E-state index is 0.201. The van der Waals surface area contributed by atoms with Crippen molar-refractivity contribution in [2.24, 2.45) is 0 Å². The van der Waals surface area contributed by atoms with Crippen LogP contribution in [0.1, 0.15) is 22.8 Å². The topological polar surface area (TPSA) is 68.0 Å². The number of nitrogens with one attached hydrogen (secondary N) is 1. The zero-order chi connectivity index (χ0) is 20.9. The van der Waals surface area contributed by atoms with Crippen molar-refractivity contribution >= 4 is 22.4 Å². The van der Waals surface area contributed by atoms with Crippen molar-refractivity contribution in [3.8, 4) is 11.3 Å². The molecule has 1 N–H and O–H groups in total. The summed E-state index contributed by atoms with van der Waals surface area (Å²) in [4.78, 5) is 21.4. The predicted octanol–water partition coefficient (Wildman–Crippen LogP) is 5.24. The molecule has 0 atom stereocenters. The first-order chi connectivity index (χ1) is 14.6. The van der Waals surface area contributed by atoms with Crippen molar-refractivity contribution in [3.05, 3.63) is 88.9 Å². The molecule has 0 saturated heterocycles. The van der Waals surface area contributed by atoms with E-state index in [1.165, 1.54) is 17.4 Å². The van der Waals surface area contributed by atoms with Crippen molar-refractivity contribution < 1.29 is 18.0 Å². The molecule has 0 aliphatic rings. The number of amides is 1. The number of thiazole rings is 1. The highest BCUT2D eigenvalue weighted by Gasteiger charge is 2.11. The van der Waals surface area contributed by atoms with Gasteiger partial charge in [0.2, 0.25) is 5.91 Å². The number of anilines is 1. The standard InChI is InChI=1S/C22H17F2N3O2S/c23-17-7-6-14(11-18(17)24)10-16-12-26-22(30-16)27-20(28)8-9-21-25-13-19(29-21)15-4-2-1-3-5-15/h1-7,11-13H,8-10H2,(H,26,27,28). The minimum atomic E-state index is -0.882. The molecule has 4 rings (SSSR count). The molecular formula is C22H17F2N3O2S. The Bertz CT molecular complexity index is 1160. The van der Waals surface area contributed by atoms with E-state index >= 15 is 0 Å². The van der Waals surface area contributed by atoms with Crippen LogP contribution in [0.15, 0.2) is 65.3 Å². The summed E-state index contributed by atoms with van der Waals surface area (Å²) < 4.78 is 32.0. The van der Waals surface area contributed by atoms with Gasteiger partial charge in [0, 0.05) is 35.9 Å². The Kier molecular flexibility index (Phi) is 5.94. The van der Waals surface area contributed by atoms with Crippen LogP contribution in [0.2, 0.25) is 0 Å². The fourth-order valence-corrected chi connectivity index (χ4v) is 3.72. The van der Waals surface area contributed by atoms with Crippen LogP contribution >= 0.6 is 11.3 Å². The normalized spacial score (nSPS) is 10.9. The minimum Gasteiger partial charge on any atom is -0.441 e. The zero-order valence-electron chi connectivity index (χ0n) is 15.8. The average molecular weight is 425 g/mol. The lowest BCUT2D eigenvalue weighted by atomic mass is 10.1. The second kappa shape index (κ2) is 8.96. The van der Waals surface area contributed by atoms with Gasteiger partial charge in [-0.05, 0) is 17.7 Å². The summed E-state index contributed by atoms with van der Waals surface area (Å²) in [5.41, 5.74) is 1.56. The van der Waals surface area contributed by atoms with Gasteiger partial charge in [0.25, 0.3) is 0 Å². The third kappa shape index (κ3) is 4.96. The molecule has 0 saturated carbocycles. The molecule has 0 radical (unpaired) electrons. The average Bonchev–Trinajstić information content (AvgIpc) is 3.39. The third-order valence-electron chi connectivity index (χ3n) is 4.34. The Labute approximate surface area is 175 Å². The van der Waals surface area contributed by atoms with E-state index in [4.69, 9.17) is 4.42 Å². The molecule has 152 valence electrons. The Hall–Kier alpha value is -3.39. The van der Waals surface area contributed by atoms with Gasteiger partial charge in [0.05, 0.1) is 6.20 Å². The predicted molar refractivity (Wildman–Crippen MR) is 110 cm³/mol. The molecule has 5 nitrogen and oxygen atoms in total. The molecule has 0 bridgehead atoms. The largest absolute Gasteiger partial charge is 0.441 e. The maximum atomic E-state index is 13.3. The molecule has 0 aliphatic carbocycles. The summed E-state index contributed by atoms with van der Waals surface area (Å²) in [5, 5.41) is 3.20. The zero-order valence-corrected chi connectivity index (χ0v) is 16.6. The molecule has 1 amide bonds. The summed E-state index contributed by atoms with van der Waals surface area (Å²) in [6.45, 7) is 0. The highest BCUT2D eigenvalue weighted by Crippen LogP contribution is 2.23. The number of aryl methyl sites for hydroxylation is 1. The van der Waals surface area contributed by atoms with E-state index in [-0.39, 0.29) is 12.3 Å². The second-order valence-electron chi connectivity index (χ2n) is 6.59. The highest BCUT2D eigenvalue weighted by atomic mass is 32.1. The number of carbonyl (C=O) groups is 1. The van der Waals surface area contributed by atoms with E-state index in [1.807, 2.05) is 30.3 Å². The second-order valence-corrected chi connectivity index (χ2v) is 7.70. The van der Waals surface area contributed by atoms with E-state index in [2.05, 4.69) is 15.3 Å². The first kappa shape index (κ1) is 19.9. The van der Waals surface area contributed by atoms with Crippen LogP contribution in [0.4, 0.5) is 13.9 Å². The maximum absolute atomic E-state index is 13.3. The van der Waals surface area contributed by atoms with Crippen molar-refractivity contribution in [1.29, 1.82) is 0 Å². The van der Waals surface area contributed by atoms with Gasteiger partial charge < -0.3 is 9.73 Å². The quantitative estimate of drug-likeness (QED) is 0.440. The Morgan fingerprint density at radius 3 is 2.67 bits per heavy atom. The number of hydrogen-bond acceptors (Lipinski definition) is 5. The van der Waals surface area contributed by atoms with Crippen LogP contribution in [0, 0.1) is 11.6 Å². The van der Waals surface area contributed by atoms with Crippen LogP contribution in [0.25, 0.3) is 11.3 Å². The molecule has 30 heavy (non-hydrogen) atoms. The fraction of sp³-hybridized carbons (Fsp3) is 0.136. The number of halogens is 2. The Morgan fingerprint density at radius 1 is 1.03 bits per heavy atom. The number of hydrogen-bond donors (Lipinski definition) is 1. The van der Waals surface area contributed by atoms with E-state index in [9.17, 15) is 13.6 Å². The third-order valence-corrected chi connectivity index (χ3v) is 5.25. The summed E-state index contributed by atoms with van der Waals surface area (Å²) in [5.74, 6) is -0.816. The number of rotatable bonds is 7. The fourth-order valence-electron chi connectivity index (χ4n) is 2.86. The lowest BCUT2D eigenvalue weighted by Crippen LogP contribution is -2.12. The van der Waals surface area contributed by atoms with Crippen LogP contribution in [-0.2, 0) is 17.6 Å². The lowest BCUT2D eigenvalue weighted by molar-refractivity contribution is -0.116. The van der Waals surface area contributed by atoms with Gasteiger partial charge in [0.1, 0.15) is 0 Å². The van der Waals surface area contributed by atoms with E-state index in [0.717, 1.165) is 22.6 Å². The summed E-state index contributed by atoms with van der Waals surface area (Å²) >= 11 is 1.29. The van der Waals surface area contributed by atoms with Gasteiger partial charge in [-0.3, -0.25) is 4.79 Å². The number of nitrogens with zero attached hydrogens (tertiary/aromatic N) is 2. The molecule has 0 unspecified atom stereocenters. The first-order valence-electron chi connectivity index (χ1n) is 9.25. The van der Waals surface area contributed by atoms with Crippen LogP contribution in [0.3, 0.4) is 0 Å². The van der Waals surface area contributed by atoms with Crippen molar-refractivity contribution in [3.63, 3.8) is 0 Å². The van der Waals surface area contributed by atoms with Gasteiger partial charge in [-0.1, -0.05) is 36.4 Å². The molecular weight excluding hydrogens is 408 g/mol. The number of oxazole rings is 1. The summed E-state index contributed by atoms with van der Waals surface area (Å²) in [6, 6.07) is 13.4. The number of carbonyl (C=O) groups excluding carboxylic acids is 1. The van der Waals surface area contributed by atoms with Gasteiger partial charge in [-0.15, -0.1) is 11.3 Å². The molecule has 2 aromatic heterocycles. The van der Waals surface area contributed by atoms with Crippen LogP contribution in [-0.4, -0.2) is 15.9 Å². The van der Waals surface area contributed by atoms with Crippen molar-refractivity contribution in [1.82, 2.24) is 9.97 Å². The van der Waals surface area contributed by atoms with E-state index in [0.29, 0.717) is 35.2 Å². The monoisotopic (exact) mass is 425 g/mol. The smallest absolute Gasteiger partial charge is 0.226 e. The first-order valence-corrected chi connectivity index (χ1v) is 10.1. The van der Waals surface area contributed by atoms with Crippen LogP contribution in [0.5, 0.6) is 0 Å². The Balaban J connectivity index is 1.29.